The van der Waals surface area contributed by atoms with Crippen LogP contribution >= 0.6 is 0 Å². The first-order valence-electron chi connectivity index (χ1n) is 9.17. The van der Waals surface area contributed by atoms with Gasteiger partial charge in [-0.3, -0.25) is 4.79 Å². The van der Waals surface area contributed by atoms with E-state index in [2.05, 4.69) is 4.90 Å². The number of aromatic nitrogens is 2. The van der Waals surface area contributed by atoms with E-state index in [1.165, 1.54) is 19.3 Å². The van der Waals surface area contributed by atoms with E-state index < -0.39 is 0 Å². The number of hydrogen-bond acceptors (Lipinski definition) is 3. The van der Waals surface area contributed by atoms with Gasteiger partial charge in [0.15, 0.2) is 0 Å². The molecular formula is C21H23N3O. The number of fused-ring (bicyclic) bond motifs is 1. The lowest BCUT2D eigenvalue weighted by molar-refractivity contribution is 0.547. The molecule has 0 atom stereocenters. The SMILES string of the molecule is O=c1c2ccccc2nc(N2CCCCCCC2)n1-c1ccccc1. The highest BCUT2D eigenvalue weighted by atomic mass is 16.1. The van der Waals surface area contributed by atoms with Gasteiger partial charge in [-0.25, -0.2) is 9.55 Å². The average molecular weight is 333 g/mol. The molecule has 0 bridgehead atoms. The fourth-order valence-corrected chi connectivity index (χ4v) is 3.59. The van der Waals surface area contributed by atoms with Gasteiger partial charge < -0.3 is 4.90 Å². The maximum atomic E-state index is 13.2. The van der Waals surface area contributed by atoms with E-state index in [9.17, 15) is 4.79 Å². The third-order valence-electron chi connectivity index (χ3n) is 4.91. The largest absolute Gasteiger partial charge is 0.342 e. The number of rotatable bonds is 2. The van der Waals surface area contributed by atoms with Gasteiger partial charge in [0.1, 0.15) is 0 Å². The summed E-state index contributed by atoms with van der Waals surface area (Å²) in [4.78, 5) is 20.4. The molecule has 0 aliphatic carbocycles. The molecular weight excluding hydrogens is 310 g/mol. The summed E-state index contributed by atoms with van der Waals surface area (Å²) < 4.78 is 1.78. The Kier molecular flexibility index (Phi) is 4.51. The average Bonchev–Trinajstić information content (AvgIpc) is 2.62. The molecule has 1 aliphatic heterocycles. The number of anilines is 1. The molecule has 0 radical (unpaired) electrons. The Balaban J connectivity index is 1.93. The lowest BCUT2D eigenvalue weighted by atomic mass is 10.1. The van der Waals surface area contributed by atoms with Crippen molar-refractivity contribution >= 4 is 16.9 Å². The summed E-state index contributed by atoms with van der Waals surface area (Å²) in [6.07, 6.45) is 6.11. The molecule has 25 heavy (non-hydrogen) atoms. The lowest BCUT2D eigenvalue weighted by Crippen LogP contribution is -2.34. The smallest absolute Gasteiger partial charge is 0.267 e. The molecule has 1 aliphatic rings. The second-order valence-corrected chi connectivity index (χ2v) is 6.66. The van der Waals surface area contributed by atoms with E-state index in [4.69, 9.17) is 4.98 Å². The zero-order valence-corrected chi connectivity index (χ0v) is 14.4. The molecule has 4 rings (SSSR count). The molecule has 128 valence electrons. The Hall–Kier alpha value is -2.62. The summed E-state index contributed by atoms with van der Waals surface area (Å²) in [5, 5.41) is 0.669. The third-order valence-corrected chi connectivity index (χ3v) is 4.91. The predicted molar refractivity (Wildman–Crippen MR) is 103 cm³/mol. The van der Waals surface area contributed by atoms with Gasteiger partial charge in [0.05, 0.1) is 16.6 Å². The third kappa shape index (κ3) is 3.16. The minimum Gasteiger partial charge on any atom is -0.342 e. The molecule has 1 fully saturated rings. The van der Waals surface area contributed by atoms with Crippen LogP contribution in [-0.2, 0) is 0 Å². The molecule has 1 aromatic heterocycles. The van der Waals surface area contributed by atoms with Gasteiger partial charge in [0.2, 0.25) is 5.95 Å². The molecule has 1 saturated heterocycles. The van der Waals surface area contributed by atoms with Crippen LogP contribution in [0.25, 0.3) is 16.6 Å². The van der Waals surface area contributed by atoms with E-state index >= 15 is 0 Å². The molecule has 0 saturated carbocycles. The highest BCUT2D eigenvalue weighted by Gasteiger charge is 2.18. The van der Waals surface area contributed by atoms with Crippen molar-refractivity contribution in [3.05, 3.63) is 65.0 Å². The summed E-state index contributed by atoms with van der Waals surface area (Å²) in [5.41, 5.74) is 1.66. The summed E-state index contributed by atoms with van der Waals surface area (Å²) in [7, 11) is 0. The van der Waals surface area contributed by atoms with Gasteiger partial charge in [-0.2, -0.15) is 0 Å². The molecule has 0 N–H and O–H groups in total. The maximum Gasteiger partial charge on any atom is 0.267 e. The van der Waals surface area contributed by atoms with Crippen molar-refractivity contribution in [2.75, 3.05) is 18.0 Å². The van der Waals surface area contributed by atoms with Gasteiger partial charge >= 0.3 is 0 Å². The van der Waals surface area contributed by atoms with Crippen LogP contribution in [-0.4, -0.2) is 22.6 Å². The quantitative estimate of drug-likeness (QED) is 0.707. The molecule has 0 spiro atoms. The zero-order chi connectivity index (χ0) is 17.1. The van der Waals surface area contributed by atoms with E-state index in [-0.39, 0.29) is 5.56 Å². The van der Waals surface area contributed by atoms with Crippen molar-refractivity contribution in [2.24, 2.45) is 0 Å². The number of benzene rings is 2. The van der Waals surface area contributed by atoms with Crippen LogP contribution in [0, 0.1) is 0 Å². The molecule has 0 amide bonds. The standard InChI is InChI=1S/C21H23N3O/c25-20-18-13-7-8-14-19(18)22-21(23-15-9-2-1-3-10-16-23)24(20)17-11-5-4-6-12-17/h4-8,11-14H,1-3,9-10,15-16H2. The van der Waals surface area contributed by atoms with E-state index in [0.717, 1.165) is 43.1 Å². The molecule has 2 heterocycles. The van der Waals surface area contributed by atoms with Gasteiger partial charge in [-0.05, 0) is 37.1 Å². The molecule has 4 nitrogen and oxygen atoms in total. The normalized spacial score (nSPS) is 15.8. The van der Waals surface area contributed by atoms with Crippen molar-refractivity contribution < 1.29 is 0 Å². The molecule has 4 heteroatoms. The van der Waals surface area contributed by atoms with Gasteiger partial charge in [-0.15, -0.1) is 0 Å². The Morgan fingerprint density at radius 1 is 0.760 bits per heavy atom. The number of nitrogens with zero attached hydrogens (tertiary/aromatic N) is 3. The van der Waals surface area contributed by atoms with Gasteiger partial charge in [0, 0.05) is 13.1 Å². The van der Waals surface area contributed by atoms with E-state index in [1.807, 2.05) is 54.6 Å². The van der Waals surface area contributed by atoms with Crippen LogP contribution in [0.3, 0.4) is 0 Å². The first-order chi connectivity index (χ1) is 12.3. The van der Waals surface area contributed by atoms with E-state index in [1.54, 1.807) is 4.57 Å². The summed E-state index contributed by atoms with van der Waals surface area (Å²) in [6, 6.07) is 17.5. The molecule has 0 unspecified atom stereocenters. The second kappa shape index (κ2) is 7.09. The Labute approximate surface area is 147 Å². The fourth-order valence-electron chi connectivity index (χ4n) is 3.59. The number of hydrogen-bond donors (Lipinski definition) is 0. The maximum absolute atomic E-state index is 13.2. The minimum atomic E-state index is 0.00820. The molecule has 2 aromatic carbocycles. The monoisotopic (exact) mass is 333 g/mol. The van der Waals surface area contributed by atoms with Crippen molar-refractivity contribution in [3.63, 3.8) is 0 Å². The van der Waals surface area contributed by atoms with Gasteiger partial charge in [0.25, 0.3) is 5.56 Å². The number of para-hydroxylation sites is 2. The van der Waals surface area contributed by atoms with Crippen LogP contribution in [0.2, 0.25) is 0 Å². The van der Waals surface area contributed by atoms with Crippen molar-refractivity contribution in [3.8, 4) is 5.69 Å². The van der Waals surface area contributed by atoms with Gasteiger partial charge in [-0.1, -0.05) is 49.6 Å². The molecule has 3 aromatic rings. The Morgan fingerprint density at radius 3 is 2.16 bits per heavy atom. The first-order valence-corrected chi connectivity index (χ1v) is 9.17. The van der Waals surface area contributed by atoms with Crippen LogP contribution in [0.15, 0.2) is 59.4 Å². The van der Waals surface area contributed by atoms with Crippen LogP contribution in [0.1, 0.15) is 32.1 Å². The summed E-state index contributed by atoms with van der Waals surface area (Å²) in [5.74, 6) is 0.775. The highest BCUT2D eigenvalue weighted by molar-refractivity contribution is 5.79. The van der Waals surface area contributed by atoms with Crippen LogP contribution in [0.4, 0.5) is 5.95 Å². The highest BCUT2D eigenvalue weighted by Crippen LogP contribution is 2.22. The van der Waals surface area contributed by atoms with Crippen LogP contribution in [0.5, 0.6) is 0 Å². The first kappa shape index (κ1) is 15.9. The Morgan fingerprint density at radius 2 is 1.40 bits per heavy atom. The van der Waals surface area contributed by atoms with Crippen molar-refractivity contribution in [1.82, 2.24) is 9.55 Å². The Bertz CT molecular complexity index is 909. The predicted octanol–water partition coefficient (Wildman–Crippen LogP) is 4.16. The fraction of sp³-hybridized carbons (Fsp3) is 0.333. The van der Waals surface area contributed by atoms with Crippen molar-refractivity contribution in [1.29, 1.82) is 0 Å². The topological polar surface area (TPSA) is 38.1 Å². The second-order valence-electron chi connectivity index (χ2n) is 6.66. The minimum absolute atomic E-state index is 0.00820. The van der Waals surface area contributed by atoms with Crippen molar-refractivity contribution in [2.45, 2.75) is 32.1 Å². The summed E-state index contributed by atoms with van der Waals surface area (Å²) >= 11 is 0. The summed E-state index contributed by atoms with van der Waals surface area (Å²) in [6.45, 7) is 1.91. The lowest BCUT2D eigenvalue weighted by Gasteiger charge is -2.28. The van der Waals surface area contributed by atoms with Crippen LogP contribution < -0.4 is 10.5 Å². The van der Waals surface area contributed by atoms with E-state index in [0.29, 0.717) is 5.39 Å². The zero-order valence-electron chi connectivity index (χ0n) is 14.4.